The summed E-state index contributed by atoms with van der Waals surface area (Å²) in [6.07, 6.45) is 5.35. The van der Waals surface area contributed by atoms with Crippen LogP contribution in [0, 0.1) is 0 Å². The van der Waals surface area contributed by atoms with E-state index in [-0.39, 0.29) is 5.91 Å². The summed E-state index contributed by atoms with van der Waals surface area (Å²) >= 11 is 0. The summed E-state index contributed by atoms with van der Waals surface area (Å²) in [4.78, 5) is 14.4. The minimum absolute atomic E-state index is 0.0279. The van der Waals surface area contributed by atoms with Crippen molar-refractivity contribution >= 4 is 11.6 Å². The van der Waals surface area contributed by atoms with Crippen molar-refractivity contribution < 1.29 is 9.53 Å². The highest BCUT2D eigenvalue weighted by Gasteiger charge is 2.22. The third-order valence-electron chi connectivity index (χ3n) is 4.29. The van der Waals surface area contributed by atoms with Gasteiger partial charge in [-0.2, -0.15) is 0 Å². The molecule has 1 atom stereocenters. The minimum Gasteiger partial charge on any atom is -0.380 e. The van der Waals surface area contributed by atoms with Crippen LogP contribution in [-0.2, 0) is 11.3 Å². The molecule has 2 aromatic rings. The number of rotatable bonds is 6. The largest absolute Gasteiger partial charge is 0.380 e. The molecule has 0 aliphatic carbocycles. The lowest BCUT2D eigenvalue weighted by Crippen LogP contribution is -2.27. The van der Waals surface area contributed by atoms with Crippen LogP contribution in [-0.4, -0.2) is 43.3 Å². The number of carbonyl (C=O) groups excluding carboxylic acids is 1. The van der Waals surface area contributed by atoms with E-state index in [4.69, 9.17) is 4.74 Å². The summed E-state index contributed by atoms with van der Waals surface area (Å²) in [5.74, 6) is -0.0279. The van der Waals surface area contributed by atoms with E-state index in [1.165, 1.54) is 0 Å². The quantitative estimate of drug-likeness (QED) is 0.889. The van der Waals surface area contributed by atoms with E-state index in [9.17, 15) is 4.79 Å². The van der Waals surface area contributed by atoms with E-state index in [0.717, 1.165) is 31.7 Å². The van der Waals surface area contributed by atoms with Crippen molar-refractivity contribution in [3.8, 4) is 0 Å². The Morgan fingerprint density at radius 2 is 2.00 bits per heavy atom. The number of aromatic nitrogens is 1. The molecule has 1 fully saturated rings. The van der Waals surface area contributed by atoms with Crippen molar-refractivity contribution in [2.24, 2.45) is 0 Å². The first kappa shape index (κ1) is 15.6. The van der Waals surface area contributed by atoms with Gasteiger partial charge in [0.15, 0.2) is 0 Å². The second-order valence-corrected chi connectivity index (χ2v) is 5.82. The van der Waals surface area contributed by atoms with E-state index in [2.05, 4.69) is 10.2 Å². The van der Waals surface area contributed by atoms with Gasteiger partial charge in [0, 0.05) is 56.9 Å². The topological polar surface area (TPSA) is 46.5 Å². The average molecular weight is 313 g/mol. The molecule has 0 radical (unpaired) electrons. The van der Waals surface area contributed by atoms with Gasteiger partial charge in [-0.15, -0.1) is 0 Å². The second kappa shape index (κ2) is 7.33. The monoisotopic (exact) mass is 313 g/mol. The Labute approximate surface area is 136 Å². The number of hydrogen-bond acceptors (Lipinski definition) is 3. The number of hydrogen-bond donors (Lipinski definition) is 1. The summed E-state index contributed by atoms with van der Waals surface area (Å²) < 4.78 is 7.44. The van der Waals surface area contributed by atoms with E-state index < -0.39 is 0 Å². The summed E-state index contributed by atoms with van der Waals surface area (Å²) in [5.41, 5.74) is 1.84. The van der Waals surface area contributed by atoms with Crippen LogP contribution in [0.3, 0.4) is 0 Å². The molecule has 122 valence electrons. The maximum Gasteiger partial charge on any atom is 0.251 e. The highest BCUT2D eigenvalue weighted by atomic mass is 16.5. The number of nitrogens with zero attached hydrogens (tertiary/aromatic N) is 2. The molecule has 0 unspecified atom stereocenters. The fraction of sp³-hybridized carbons (Fsp3) is 0.389. The lowest BCUT2D eigenvalue weighted by molar-refractivity contribution is 0.0952. The molecule has 1 aromatic heterocycles. The van der Waals surface area contributed by atoms with Gasteiger partial charge in [-0.3, -0.25) is 4.79 Å². The van der Waals surface area contributed by atoms with Crippen LogP contribution in [0.25, 0.3) is 0 Å². The van der Waals surface area contributed by atoms with Gasteiger partial charge in [-0.1, -0.05) is 0 Å². The summed E-state index contributed by atoms with van der Waals surface area (Å²) in [6, 6.07) is 11.8. The molecule has 23 heavy (non-hydrogen) atoms. The molecule has 0 spiro atoms. The first-order valence-corrected chi connectivity index (χ1v) is 8.03. The van der Waals surface area contributed by atoms with E-state index in [1.54, 1.807) is 7.11 Å². The van der Waals surface area contributed by atoms with Crippen LogP contribution in [0.1, 0.15) is 16.8 Å². The van der Waals surface area contributed by atoms with Crippen molar-refractivity contribution in [3.63, 3.8) is 0 Å². The normalized spacial score (nSPS) is 17.4. The van der Waals surface area contributed by atoms with E-state index >= 15 is 0 Å². The zero-order valence-electron chi connectivity index (χ0n) is 13.4. The van der Waals surface area contributed by atoms with Crippen molar-refractivity contribution in [3.05, 3.63) is 54.4 Å². The van der Waals surface area contributed by atoms with Gasteiger partial charge in [0.05, 0.1) is 6.10 Å². The van der Waals surface area contributed by atoms with E-state index in [1.807, 2.05) is 53.4 Å². The fourth-order valence-corrected chi connectivity index (χ4v) is 2.90. The molecule has 0 saturated carbocycles. The third kappa shape index (κ3) is 3.93. The number of carbonyl (C=O) groups is 1. The fourth-order valence-electron chi connectivity index (χ4n) is 2.90. The average Bonchev–Trinajstić information content (AvgIpc) is 3.26. The molecule has 1 saturated heterocycles. The highest BCUT2D eigenvalue weighted by Crippen LogP contribution is 2.21. The third-order valence-corrected chi connectivity index (χ3v) is 4.29. The van der Waals surface area contributed by atoms with Crippen LogP contribution in [0.15, 0.2) is 48.8 Å². The molecule has 1 aliphatic heterocycles. The molecule has 1 aliphatic rings. The summed E-state index contributed by atoms with van der Waals surface area (Å²) in [6.45, 7) is 3.32. The van der Waals surface area contributed by atoms with Crippen LogP contribution < -0.4 is 10.2 Å². The number of benzene rings is 1. The van der Waals surface area contributed by atoms with Gasteiger partial charge < -0.3 is 19.5 Å². The van der Waals surface area contributed by atoms with Gasteiger partial charge >= 0.3 is 0 Å². The molecule has 0 bridgehead atoms. The maximum atomic E-state index is 12.2. The zero-order valence-corrected chi connectivity index (χ0v) is 13.4. The lowest BCUT2D eigenvalue weighted by atomic mass is 10.2. The number of nitrogens with one attached hydrogen (secondary N) is 1. The Balaban J connectivity index is 1.51. The number of anilines is 1. The molecule has 1 aromatic carbocycles. The molecule has 2 heterocycles. The van der Waals surface area contributed by atoms with Crippen molar-refractivity contribution in [2.75, 3.05) is 31.6 Å². The summed E-state index contributed by atoms with van der Waals surface area (Å²) in [7, 11) is 1.76. The smallest absolute Gasteiger partial charge is 0.251 e. The van der Waals surface area contributed by atoms with Crippen LogP contribution in [0.2, 0.25) is 0 Å². The predicted molar refractivity (Wildman–Crippen MR) is 90.8 cm³/mol. The van der Waals surface area contributed by atoms with Gasteiger partial charge in [0.2, 0.25) is 0 Å². The number of ether oxygens (including phenoxy) is 1. The first-order valence-electron chi connectivity index (χ1n) is 8.03. The Hall–Kier alpha value is -2.27. The van der Waals surface area contributed by atoms with Crippen LogP contribution in [0.5, 0.6) is 0 Å². The van der Waals surface area contributed by atoms with E-state index in [0.29, 0.717) is 18.2 Å². The molecule has 5 nitrogen and oxygen atoms in total. The molecule has 1 N–H and O–H groups in total. The Kier molecular flexibility index (Phi) is 4.98. The van der Waals surface area contributed by atoms with Crippen molar-refractivity contribution in [1.29, 1.82) is 0 Å². The van der Waals surface area contributed by atoms with Gasteiger partial charge in [-0.05, 0) is 42.8 Å². The van der Waals surface area contributed by atoms with Crippen LogP contribution >= 0.6 is 0 Å². The number of methoxy groups -OCH3 is 1. The summed E-state index contributed by atoms with van der Waals surface area (Å²) in [5, 5.41) is 2.95. The molecule has 5 heteroatoms. The maximum absolute atomic E-state index is 12.2. The van der Waals surface area contributed by atoms with Crippen molar-refractivity contribution in [1.82, 2.24) is 9.88 Å². The Morgan fingerprint density at radius 3 is 2.65 bits per heavy atom. The standard InChI is InChI=1S/C18H23N3O2/c1-23-17-8-12-21(14-17)16-6-4-15(5-7-16)18(22)19-9-13-20-10-2-3-11-20/h2-7,10-11,17H,8-9,12-14H2,1H3,(H,19,22)/t17-/m1/s1. The number of amides is 1. The predicted octanol–water partition coefficient (Wildman–Crippen LogP) is 2.14. The highest BCUT2D eigenvalue weighted by molar-refractivity contribution is 5.94. The molecular formula is C18H23N3O2. The zero-order chi connectivity index (χ0) is 16.1. The van der Waals surface area contributed by atoms with Crippen LogP contribution in [0.4, 0.5) is 5.69 Å². The van der Waals surface area contributed by atoms with Crippen molar-refractivity contribution in [2.45, 2.75) is 19.1 Å². The van der Waals surface area contributed by atoms with Gasteiger partial charge in [-0.25, -0.2) is 0 Å². The van der Waals surface area contributed by atoms with Gasteiger partial charge in [0.1, 0.15) is 0 Å². The molecule has 1 amide bonds. The second-order valence-electron chi connectivity index (χ2n) is 5.82. The first-order chi connectivity index (χ1) is 11.3. The van der Waals surface area contributed by atoms with Gasteiger partial charge in [0.25, 0.3) is 5.91 Å². The Bertz CT molecular complexity index is 622. The molecule has 3 rings (SSSR count). The lowest BCUT2D eigenvalue weighted by Gasteiger charge is -2.18. The Morgan fingerprint density at radius 1 is 1.26 bits per heavy atom. The molecular weight excluding hydrogens is 290 g/mol. The SMILES string of the molecule is CO[C@@H]1CCN(c2ccc(C(=O)NCCn3cccc3)cc2)C1. The minimum atomic E-state index is -0.0279.